The lowest BCUT2D eigenvalue weighted by Gasteiger charge is -2.24. The Morgan fingerprint density at radius 2 is 1.82 bits per heavy atom. The van der Waals surface area contributed by atoms with E-state index < -0.39 is 0 Å². The van der Waals surface area contributed by atoms with E-state index in [-0.39, 0.29) is 0 Å². The third-order valence-corrected chi connectivity index (χ3v) is 2.03. The fourth-order valence-electron chi connectivity index (χ4n) is 0.886. The Hall–Kier alpha value is -0.0800. The fourth-order valence-corrected chi connectivity index (χ4v) is 0.886. The van der Waals surface area contributed by atoms with Crippen molar-refractivity contribution in [3.8, 4) is 0 Å². The standard InChI is InChI=1S/C9H21N2/c1-6-11(5)9(2)7-8-10(3)4/h9H,2,6-8H2,1,3-5H3. The van der Waals surface area contributed by atoms with Crippen LogP contribution in [-0.4, -0.2) is 50.1 Å². The Kier molecular flexibility index (Phi) is 5.51. The third kappa shape index (κ3) is 5.22. The lowest BCUT2D eigenvalue weighted by Crippen LogP contribution is -2.31. The van der Waals surface area contributed by atoms with E-state index in [4.69, 9.17) is 0 Å². The first-order valence-electron chi connectivity index (χ1n) is 4.26. The molecule has 0 saturated carbocycles. The Labute approximate surface area is 71.2 Å². The molecule has 0 aromatic rings. The number of hydrogen-bond acceptors (Lipinski definition) is 2. The van der Waals surface area contributed by atoms with Gasteiger partial charge >= 0.3 is 0 Å². The van der Waals surface area contributed by atoms with Crippen LogP contribution in [0.5, 0.6) is 0 Å². The quantitative estimate of drug-likeness (QED) is 0.589. The molecule has 0 aromatic carbocycles. The maximum Gasteiger partial charge on any atom is 0.0105 e. The Morgan fingerprint density at radius 1 is 1.27 bits per heavy atom. The van der Waals surface area contributed by atoms with Crippen LogP contribution in [0.3, 0.4) is 0 Å². The summed E-state index contributed by atoms with van der Waals surface area (Å²) in [5.41, 5.74) is 0. The summed E-state index contributed by atoms with van der Waals surface area (Å²) in [6.45, 7) is 8.45. The van der Waals surface area contributed by atoms with Crippen molar-refractivity contribution in [3.63, 3.8) is 0 Å². The molecule has 0 aromatic heterocycles. The largest absolute Gasteiger partial charge is 0.309 e. The van der Waals surface area contributed by atoms with E-state index in [1.54, 1.807) is 0 Å². The first kappa shape index (κ1) is 10.9. The smallest absolute Gasteiger partial charge is 0.0105 e. The van der Waals surface area contributed by atoms with Crippen molar-refractivity contribution in [1.82, 2.24) is 9.80 Å². The minimum absolute atomic E-state index is 0.461. The predicted molar refractivity (Wildman–Crippen MR) is 50.6 cm³/mol. The zero-order valence-corrected chi connectivity index (χ0v) is 8.30. The van der Waals surface area contributed by atoms with Gasteiger partial charge in [0.05, 0.1) is 0 Å². The van der Waals surface area contributed by atoms with E-state index in [0.717, 1.165) is 19.5 Å². The molecule has 1 unspecified atom stereocenters. The molecule has 1 radical (unpaired) electrons. The van der Waals surface area contributed by atoms with Crippen molar-refractivity contribution in [2.24, 2.45) is 0 Å². The summed E-state index contributed by atoms with van der Waals surface area (Å²) < 4.78 is 0. The summed E-state index contributed by atoms with van der Waals surface area (Å²) >= 11 is 0. The Morgan fingerprint density at radius 3 is 2.18 bits per heavy atom. The van der Waals surface area contributed by atoms with Crippen LogP contribution in [0.1, 0.15) is 13.3 Å². The van der Waals surface area contributed by atoms with Crippen LogP contribution in [0, 0.1) is 6.92 Å². The van der Waals surface area contributed by atoms with E-state index in [1.807, 2.05) is 0 Å². The van der Waals surface area contributed by atoms with Gasteiger partial charge in [-0.2, -0.15) is 0 Å². The van der Waals surface area contributed by atoms with E-state index >= 15 is 0 Å². The van der Waals surface area contributed by atoms with Gasteiger partial charge in [-0.15, -0.1) is 0 Å². The molecular formula is C9H21N2. The van der Waals surface area contributed by atoms with Gasteiger partial charge in [0.25, 0.3) is 0 Å². The summed E-state index contributed by atoms with van der Waals surface area (Å²) in [5, 5.41) is 0. The highest BCUT2D eigenvalue weighted by molar-refractivity contribution is 4.70. The molecule has 11 heavy (non-hydrogen) atoms. The molecule has 0 aliphatic carbocycles. The molecule has 0 aliphatic rings. The van der Waals surface area contributed by atoms with E-state index in [0.29, 0.717) is 6.04 Å². The molecule has 2 nitrogen and oxygen atoms in total. The molecule has 0 bridgehead atoms. The van der Waals surface area contributed by atoms with Crippen molar-refractivity contribution in [2.75, 3.05) is 34.2 Å². The first-order valence-corrected chi connectivity index (χ1v) is 4.26. The molecular weight excluding hydrogens is 136 g/mol. The number of hydrogen-bond donors (Lipinski definition) is 0. The molecule has 0 amide bonds. The monoisotopic (exact) mass is 157 g/mol. The normalized spacial score (nSPS) is 14.5. The minimum atomic E-state index is 0.461. The van der Waals surface area contributed by atoms with Crippen molar-refractivity contribution >= 4 is 0 Å². The van der Waals surface area contributed by atoms with Crippen LogP contribution in [0.4, 0.5) is 0 Å². The molecule has 0 N–H and O–H groups in total. The van der Waals surface area contributed by atoms with Crippen LogP contribution in [0.25, 0.3) is 0 Å². The number of nitrogens with zero attached hydrogens (tertiary/aromatic N) is 2. The molecule has 2 heteroatoms. The third-order valence-electron chi connectivity index (χ3n) is 2.03. The summed E-state index contributed by atoms with van der Waals surface area (Å²) in [6, 6.07) is 0.461. The average molecular weight is 157 g/mol. The lowest BCUT2D eigenvalue weighted by molar-refractivity contribution is 0.257. The molecule has 67 valence electrons. The van der Waals surface area contributed by atoms with Crippen LogP contribution in [0.15, 0.2) is 0 Å². The lowest BCUT2D eigenvalue weighted by atomic mass is 10.2. The maximum atomic E-state index is 4.08. The van der Waals surface area contributed by atoms with Gasteiger partial charge in [0, 0.05) is 6.04 Å². The van der Waals surface area contributed by atoms with Crippen molar-refractivity contribution < 1.29 is 0 Å². The van der Waals surface area contributed by atoms with Gasteiger partial charge in [0.2, 0.25) is 0 Å². The molecule has 0 saturated heterocycles. The van der Waals surface area contributed by atoms with E-state index in [1.165, 1.54) is 0 Å². The second kappa shape index (κ2) is 5.56. The Bertz CT molecular complexity index is 91.6. The van der Waals surface area contributed by atoms with Crippen LogP contribution >= 0.6 is 0 Å². The second-order valence-corrected chi connectivity index (χ2v) is 3.32. The predicted octanol–water partition coefficient (Wildman–Crippen LogP) is 1.09. The van der Waals surface area contributed by atoms with Gasteiger partial charge in [0.1, 0.15) is 0 Å². The second-order valence-electron chi connectivity index (χ2n) is 3.32. The summed E-state index contributed by atoms with van der Waals surface area (Å²) in [6.07, 6.45) is 1.15. The highest BCUT2D eigenvalue weighted by atomic mass is 15.1. The van der Waals surface area contributed by atoms with Gasteiger partial charge in [-0.25, -0.2) is 0 Å². The zero-order valence-electron chi connectivity index (χ0n) is 8.30. The van der Waals surface area contributed by atoms with Gasteiger partial charge < -0.3 is 9.80 Å². The number of rotatable bonds is 5. The van der Waals surface area contributed by atoms with Gasteiger partial charge in [-0.3, -0.25) is 0 Å². The molecule has 0 rings (SSSR count). The zero-order chi connectivity index (χ0) is 8.85. The Balaban J connectivity index is 3.43. The van der Waals surface area contributed by atoms with E-state index in [9.17, 15) is 0 Å². The molecule has 1 atom stereocenters. The first-order chi connectivity index (χ1) is 5.07. The van der Waals surface area contributed by atoms with Crippen molar-refractivity contribution in [3.05, 3.63) is 6.92 Å². The molecule has 0 heterocycles. The van der Waals surface area contributed by atoms with Gasteiger partial charge in [-0.1, -0.05) is 6.92 Å². The molecule has 0 aliphatic heterocycles. The molecule has 0 spiro atoms. The van der Waals surface area contributed by atoms with Crippen molar-refractivity contribution in [2.45, 2.75) is 19.4 Å². The topological polar surface area (TPSA) is 6.48 Å². The van der Waals surface area contributed by atoms with E-state index in [2.05, 4.69) is 44.8 Å². The highest BCUT2D eigenvalue weighted by Crippen LogP contribution is 1.99. The highest BCUT2D eigenvalue weighted by Gasteiger charge is 2.06. The van der Waals surface area contributed by atoms with Crippen LogP contribution < -0.4 is 0 Å². The maximum absolute atomic E-state index is 4.08. The van der Waals surface area contributed by atoms with Crippen LogP contribution in [-0.2, 0) is 0 Å². The summed E-state index contributed by atoms with van der Waals surface area (Å²) in [4.78, 5) is 4.46. The average Bonchev–Trinajstić information content (AvgIpc) is 1.98. The minimum Gasteiger partial charge on any atom is -0.309 e. The van der Waals surface area contributed by atoms with Gasteiger partial charge in [-0.05, 0) is 47.6 Å². The SMILES string of the molecule is [CH2]C(CCN(C)C)N(C)CC. The van der Waals surface area contributed by atoms with Crippen LogP contribution in [0.2, 0.25) is 0 Å². The van der Waals surface area contributed by atoms with Gasteiger partial charge in [0.15, 0.2) is 0 Å². The molecule has 0 fully saturated rings. The van der Waals surface area contributed by atoms with Crippen molar-refractivity contribution in [1.29, 1.82) is 0 Å². The summed E-state index contributed by atoms with van der Waals surface area (Å²) in [5.74, 6) is 0. The summed E-state index contributed by atoms with van der Waals surface area (Å²) in [7, 11) is 6.31. The fraction of sp³-hybridized carbons (Fsp3) is 0.889.